The second-order valence-corrected chi connectivity index (χ2v) is 6.25. The molecule has 1 aliphatic carbocycles. The van der Waals surface area contributed by atoms with E-state index in [9.17, 15) is 4.79 Å². The number of hydrogen-bond acceptors (Lipinski definition) is 2. The van der Waals surface area contributed by atoms with Gasteiger partial charge < -0.3 is 11.1 Å². The molecule has 0 aromatic rings. The van der Waals surface area contributed by atoms with Crippen molar-refractivity contribution < 1.29 is 4.79 Å². The fourth-order valence-corrected chi connectivity index (χ4v) is 2.87. The van der Waals surface area contributed by atoms with Gasteiger partial charge in [0, 0.05) is 5.92 Å². The average molecular weight is 270 g/mol. The number of carbonyl (C=O) groups excluding carboxylic acids is 1. The van der Waals surface area contributed by atoms with Gasteiger partial charge in [-0.15, -0.1) is 0 Å². The van der Waals surface area contributed by atoms with Crippen LogP contribution in [0.5, 0.6) is 0 Å². The largest absolute Gasteiger partial charge is 0.391 e. The van der Waals surface area contributed by atoms with E-state index in [-0.39, 0.29) is 11.8 Å². The normalized spacial score (nSPS) is 29.6. The van der Waals surface area contributed by atoms with Crippen LogP contribution in [0.2, 0.25) is 0 Å². The summed E-state index contributed by atoms with van der Waals surface area (Å²) in [5.41, 5.74) is 5.46. The molecule has 1 saturated carbocycles. The minimum absolute atomic E-state index is 0.0422. The van der Waals surface area contributed by atoms with Crippen molar-refractivity contribution in [3.63, 3.8) is 0 Å². The fourth-order valence-electron chi connectivity index (χ4n) is 2.61. The van der Waals surface area contributed by atoms with E-state index in [2.05, 4.69) is 19.2 Å². The van der Waals surface area contributed by atoms with Gasteiger partial charge in [0.25, 0.3) is 0 Å². The Morgan fingerprint density at radius 1 is 1.50 bits per heavy atom. The third kappa shape index (κ3) is 3.67. The molecule has 3 nitrogen and oxygen atoms in total. The Kier molecular flexibility index (Phi) is 5.57. The van der Waals surface area contributed by atoms with Crippen LogP contribution in [0.25, 0.3) is 0 Å². The molecule has 0 aromatic heterocycles. The van der Waals surface area contributed by atoms with Gasteiger partial charge in [-0.2, -0.15) is 0 Å². The molecule has 4 heteroatoms. The number of amides is 1. The van der Waals surface area contributed by atoms with Gasteiger partial charge >= 0.3 is 0 Å². The number of rotatable bonds is 5. The first-order valence-electron chi connectivity index (χ1n) is 7.03. The topological polar surface area (TPSA) is 55.1 Å². The Labute approximate surface area is 116 Å². The quantitative estimate of drug-likeness (QED) is 0.755. The smallest absolute Gasteiger partial charge is 0.223 e. The molecule has 1 amide bonds. The summed E-state index contributed by atoms with van der Waals surface area (Å²) in [7, 11) is 0. The molecule has 0 spiro atoms. The zero-order chi connectivity index (χ0) is 13.8. The molecule has 0 heterocycles. The first-order valence-corrected chi connectivity index (χ1v) is 7.44. The lowest BCUT2D eigenvalue weighted by molar-refractivity contribution is -0.126. The van der Waals surface area contributed by atoms with Crippen LogP contribution in [0, 0.1) is 11.8 Å². The molecule has 1 fully saturated rings. The molecule has 1 rings (SSSR count). The Balaban J connectivity index is 2.69. The van der Waals surface area contributed by atoms with E-state index in [4.69, 9.17) is 18.0 Å². The summed E-state index contributed by atoms with van der Waals surface area (Å²) in [4.78, 5) is 12.6. The lowest BCUT2D eigenvalue weighted by Gasteiger charge is -2.40. The molecule has 0 radical (unpaired) electrons. The predicted molar refractivity (Wildman–Crippen MR) is 79.4 cm³/mol. The van der Waals surface area contributed by atoms with Gasteiger partial charge in [0.05, 0.1) is 10.5 Å². The van der Waals surface area contributed by atoms with Crippen LogP contribution in [0.4, 0.5) is 0 Å². The highest BCUT2D eigenvalue weighted by Crippen LogP contribution is 2.32. The summed E-state index contributed by atoms with van der Waals surface area (Å²) in [5.74, 6) is 0.845. The number of hydrogen-bond donors (Lipinski definition) is 2. The van der Waals surface area contributed by atoms with Crippen molar-refractivity contribution in [2.24, 2.45) is 17.6 Å². The summed E-state index contributed by atoms with van der Waals surface area (Å²) < 4.78 is 0. The molecular formula is C14H26N2OS. The maximum absolute atomic E-state index is 12.2. The summed E-state index contributed by atoms with van der Waals surface area (Å²) >= 11 is 5.20. The molecule has 3 N–H and O–H groups in total. The van der Waals surface area contributed by atoms with E-state index < -0.39 is 5.54 Å². The van der Waals surface area contributed by atoms with E-state index in [1.54, 1.807) is 0 Å². The van der Waals surface area contributed by atoms with Crippen molar-refractivity contribution in [3.8, 4) is 0 Å². The van der Waals surface area contributed by atoms with Crippen LogP contribution in [-0.2, 0) is 4.79 Å². The third-order valence-corrected chi connectivity index (χ3v) is 4.52. The van der Waals surface area contributed by atoms with E-state index in [1.807, 2.05) is 6.92 Å². The van der Waals surface area contributed by atoms with Crippen molar-refractivity contribution in [3.05, 3.63) is 0 Å². The summed E-state index contributed by atoms with van der Waals surface area (Å²) in [6, 6.07) is 0. The first-order chi connectivity index (χ1) is 8.41. The van der Waals surface area contributed by atoms with Crippen molar-refractivity contribution in [2.75, 3.05) is 0 Å². The number of carbonyl (C=O) groups is 1. The standard InChI is InChI=1S/C14H26N2OS/c1-4-5-11(3)12(17)16-14(13(15)18)8-6-10(2)7-9-14/h10-11H,4-9H2,1-3H3,(H2,15,18)(H,16,17). The minimum Gasteiger partial charge on any atom is -0.391 e. The van der Waals surface area contributed by atoms with Crippen LogP contribution < -0.4 is 11.1 Å². The van der Waals surface area contributed by atoms with Gasteiger partial charge in [-0.1, -0.05) is 39.4 Å². The second kappa shape index (κ2) is 6.50. The van der Waals surface area contributed by atoms with E-state index in [0.717, 1.165) is 38.5 Å². The van der Waals surface area contributed by atoms with Gasteiger partial charge in [0.2, 0.25) is 5.91 Å². The fraction of sp³-hybridized carbons (Fsp3) is 0.857. The van der Waals surface area contributed by atoms with E-state index in [0.29, 0.717) is 10.9 Å². The SMILES string of the molecule is CCCC(C)C(=O)NC1(C(N)=S)CCC(C)CC1. The van der Waals surface area contributed by atoms with Gasteiger partial charge in [0.1, 0.15) is 0 Å². The van der Waals surface area contributed by atoms with E-state index in [1.165, 1.54) is 0 Å². The predicted octanol–water partition coefficient (Wildman–Crippen LogP) is 2.77. The molecule has 18 heavy (non-hydrogen) atoms. The van der Waals surface area contributed by atoms with Crippen LogP contribution in [0.15, 0.2) is 0 Å². The Morgan fingerprint density at radius 3 is 2.50 bits per heavy atom. The van der Waals surface area contributed by atoms with Gasteiger partial charge in [0.15, 0.2) is 0 Å². The highest BCUT2D eigenvalue weighted by molar-refractivity contribution is 7.80. The average Bonchev–Trinajstić information content (AvgIpc) is 2.32. The lowest BCUT2D eigenvalue weighted by Crippen LogP contribution is -2.59. The highest BCUT2D eigenvalue weighted by Gasteiger charge is 2.38. The molecule has 0 aliphatic heterocycles. The molecule has 1 aliphatic rings. The third-order valence-electron chi connectivity index (χ3n) is 4.13. The lowest BCUT2D eigenvalue weighted by atomic mass is 9.76. The maximum Gasteiger partial charge on any atom is 0.223 e. The van der Waals surface area contributed by atoms with Crippen molar-refractivity contribution in [1.29, 1.82) is 0 Å². The van der Waals surface area contributed by atoms with Crippen LogP contribution in [-0.4, -0.2) is 16.4 Å². The molecule has 0 bridgehead atoms. The van der Waals surface area contributed by atoms with Crippen LogP contribution in [0.1, 0.15) is 59.3 Å². The molecule has 104 valence electrons. The highest BCUT2D eigenvalue weighted by atomic mass is 32.1. The van der Waals surface area contributed by atoms with Crippen molar-refractivity contribution >= 4 is 23.1 Å². The summed E-state index contributed by atoms with van der Waals surface area (Å²) in [6.45, 7) is 6.30. The van der Waals surface area contributed by atoms with Gasteiger partial charge in [-0.05, 0) is 38.0 Å². The van der Waals surface area contributed by atoms with Crippen LogP contribution in [0.3, 0.4) is 0 Å². The van der Waals surface area contributed by atoms with Crippen LogP contribution >= 0.6 is 12.2 Å². The van der Waals surface area contributed by atoms with Crippen molar-refractivity contribution in [2.45, 2.75) is 64.8 Å². The maximum atomic E-state index is 12.2. The zero-order valence-corrected chi connectivity index (χ0v) is 12.6. The first kappa shape index (κ1) is 15.4. The molecular weight excluding hydrogens is 244 g/mol. The van der Waals surface area contributed by atoms with Gasteiger partial charge in [-0.3, -0.25) is 4.79 Å². The number of nitrogens with two attached hydrogens (primary N) is 1. The number of thiocarbonyl (C=S) groups is 1. The Hall–Kier alpha value is -0.640. The summed E-state index contributed by atoms with van der Waals surface area (Å²) in [6.07, 6.45) is 5.86. The monoisotopic (exact) mass is 270 g/mol. The molecule has 0 aromatic carbocycles. The molecule has 0 saturated heterocycles. The Morgan fingerprint density at radius 2 is 2.06 bits per heavy atom. The van der Waals surface area contributed by atoms with Gasteiger partial charge in [-0.25, -0.2) is 0 Å². The van der Waals surface area contributed by atoms with E-state index >= 15 is 0 Å². The Bertz CT molecular complexity index is 309. The summed E-state index contributed by atoms with van der Waals surface area (Å²) in [5, 5.41) is 3.13. The van der Waals surface area contributed by atoms with Crippen molar-refractivity contribution in [1.82, 2.24) is 5.32 Å². The molecule has 1 atom stereocenters. The zero-order valence-electron chi connectivity index (χ0n) is 11.8. The second-order valence-electron chi connectivity index (χ2n) is 5.81. The molecule has 1 unspecified atom stereocenters. The number of nitrogens with one attached hydrogen (secondary N) is 1. The minimum atomic E-state index is -0.430.